The monoisotopic (exact) mass is 189 g/mol. The number of aliphatic hydroxyl groups excluding tert-OH is 1. The Morgan fingerprint density at radius 3 is 2.69 bits per heavy atom. The molecule has 0 aliphatic heterocycles. The van der Waals surface area contributed by atoms with Crippen molar-refractivity contribution < 1.29 is 14.6 Å². The zero-order valence-corrected chi connectivity index (χ0v) is 8.21. The minimum atomic E-state index is 0.0816. The Morgan fingerprint density at radius 2 is 2.08 bits per heavy atom. The first-order chi connectivity index (χ1) is 6.31. The maximum atomic E-state index is 10.8. The fraction of sp³-hybridized carbons (Fsp3) is 0.889. The fourth-order valence-electron chi connectivity index (χ4n) is 0.958. The van der Waals surface area contributed by atoms with Gasteiger partial charge in [-0.15, -0.1) is 0 Å². The van der Waals surface area contributed by atoms with Gasteiger partial charge < -0.3 is 15.2 Å². The van der Waals surface area contributed by atoms with Crippen molar-refractivity contribution >= 4 is 5.91 Å². The van der Waals surface area contributed by atoms with E-state index in [1.807, 2.05) is 0 Å². The number of hydrogen-bond donors (Lipinski definition) is 2. The number of carbonyl (C=O) groups excluding carboxylic acids is 1. The van der Waals surface area contributed by atoms with Gasteiger partial charge in [-0.3, -0.25) is 4.79 Å². The summed E-state index contributed by atoms with van der Waals surface area (Å²) in [6.45, 7) is 1.17. The third-order valence-corrected chi connectivity index (χ3v) is 1.71. The van der Waals surface area contributed by atoms with Crippen LogP contribution in [-0.2, 0) is 9.53 Å². The highest BCUT2D eigenvalue weighted by Crippen LogP contribution is 1.99. The van der Waals surface area contributed by atoms with E-state index in [0.717, 1.165) is 19.3 Å². The molecule has 0 unspecified atom stereocenters. The van der Waals surface area contributed by atoms with Gasteiger partial charge >= 0.3 is 0 Å². The lowest BCUT2D eigenvalue weighted by molar-refractivity contribution is -0.120. The number of amides is 1. The van der Waals surface area contributed by atoms with Gasteiger partial charge in [-0.1, -0.05) is 6.42 Å². The van der Waals surface area contributed by atoms with Gasteiger partial charge in [-0.25, -0.2) is 0 Å². The minimum Gasteiger partial charge on any atom is -0.394 e. The Morgan fingerprint density at radius 1 is 1.31 bits per heavy atom. The second-order valence-corrected chi connectivity index (χ2v) is 2.82. The van der Waals surface area contributed by atoms with Gasteiger partial charge in [0.15, 0.2) is 0 Å². The van der Waals surface area contributed by atoms with Gasteiger partial charge in [-0.05, 0) is 12.8 Å². The first-order valence-corrected chi connectivity index (χ1v) is 4.70. The lowest BCUT2D eigenvalue weighted by Crippen LogP contribution is -2.16. The van der Waals surface area contributed by atoms with Crippen molar-refractivity contribution in [2.24, 2.45) is 0 Å². The molecule has 0 aromatic carbocycles. The average Bonchev–Trinajstić information content (AvgIpc) is 2.16. The lowest BCUT2D eigenvalue weighted by Gasteiger charge is -2.01. The van der Waals surface area contributed by atoms with Crippen molar-refractivity contribution in [2.45, 2.75) is 25.7 Å². The summed E-state index contributed by atoms with van der Waals surface area (Å²) >= 11 is 0. The third kappa shape index (κ3) is 9.30. The second-order valence-electron chi connectivity index (χ2n) is 2.82. The van der Waals surface area contributed by atoms with Crippen LogP contribution < -0.4 is 5.32 Å². The Hall–Kier alpha value is -0.610. The molecule has 0 rings (SSSR count). The molecule has 78 valence electrons. The van der Waals surface area contributed by atoms with Crippen molar-refractivity contribution in [3.05, 3.63) is 0 Å². The SMILES string of the molecule is CNC(=O)CCCCCOCCO. The van der Waals surface area contributed by atoms with Gasteiger partial charge in [0.1, 0.15) is 0 Å². The van der Waals surface area contributed by atoms with Crippen LogP contribution in [-0.4, -0.2) is 37.9 Å². The van der Waals surface area contributed by atoms with Gasteiger partial charge in [0.25, 0.3) is 0 Å². The number of aliphatic hydroxyl groups is 1. The zero-order chi connectivity index (χ0) is 9.94. The highest BCUT2D eigenvalue weighted by atomic mass is 16.5. The largest absolute Gasteiger partial charge is 0.394 e. The molecule has 0 aliphatic rings. The van der Waals surface area contributed by atoms with Crippen molar-refractivity contribution in [2.75, 3.05) is 26.9 Å². The van der Waals surface area contributed by atoms with E-state index in [2.05, 4.69) is 5.32 Å². The molecule has 0 fully saturated rings. The highest BCUT2D eigenvalue weighted by molar-refractivity contribution is 5.75. The molecule has 0 saturated carbocycles. The molecular weight excluding hydrogens is 170 g/mol. The normalized spacial score (nSPS) is 10.0. The van der Waals surface area contributed by atoms with E-state index in [0.29, 0.717) is 19.6 Å². The molecule has 4 heteroatoms. The number of nitrogens with one attached hydrogen (secondary N) is 1. The van der Waals surface area contributed by atoms with Crippen LogP contribution in [0.1, 0.15) is 25.7 Å². The molecule has 0 aromatic heterocycles. The molecule has 0 spiro atoms. The Bertz CT molecular complexity index is 128. The third-order valence-electron chi connectivity index (χ3n) is 1.71. The summed E-state index contributed by atoms with van der Waals surface area (Å²) in [6.07, 6.45) is 3.45. The predicted molar refractivity (Wildman–Crippen MR) is 50.4 cm³/mol. The molecule has 0 bridgehead atoms. The van der Waals surface area contributed by atoms with Crippen LogP contribution in [0.5, 0.6) is 0 Å². The maximum absolute atomic E-state index is 10.8. The minimum absolute atomic E-state index is 0.0816. The molecule has 1 amide bonds. The van der Waals surface area contributed by atoms with Crippen molar-refractivity contribution in [1.82, 2.24) is 5.32 Å². The number of unbranched alkanes of at least 4 members (excludes halogenated alkanes) is 2. The molecule has 0 saturated heterocycles. The quantitative estimate of drug-likeness (QED) is 0.540. The molecule has 0 aliphatic carbocycles. The van der Waals surface area contributed by atoms with E-state index in [4.69, 9.17) is 9.84 Å². The van der Waals surface area contributed by atoms with Crippen LogP contribution in [0.25, 0.3) is 0 Å². The standard InChI is InChI=1S/C9H19NO3/c1-10-9(12)5-3-2-4-7-13-8-6-11/h11H,2-8H2,1H3,(H,10,12). The number of hydrogen-bond acceptors (Lipinski definition) is 3. The van der Waals surface area contributed by atoms with E-state index in [1.54, 1.807) is 7.05 Å². The number of rotatable bonds is 8. The zero-order valence-electron chi connectivity index (χ0n) is 8.21. The molecule has 13 heavy (non-hydrogen) atoms. The number of ether oxygens (including phenoxy) is 1. The molecular formula is C9H19NO3. The summed E-state index contributed by atoms with van der Waals surface area (Å²) in [5, 5.41) is 11.0. The molecule has 4 nitrogen and oxygen atoms in total. The summed E-state index contributed by atoms with van der Waals surface area (Å²) in [5.41, 5.74) is 0. The van der Waals surface area contributed by atoms with E-state index in [-0.39, 0.29) is 12.5 Å². The Kier molecular flexibility index (Phi) is 9.03. The van der Waals surface area contributed by atoms with Gasteiger partial charge in [-0.2, -0.15) is 0 Å². The summed E-state index contributed by atoms with van der Waals surface area (Å²) in [6, 6.07) is 0. The van der Waals surface area contributed by atoms with Crippen molar-refractivity contribution in [3.8, 4) is 0 Å². The lowest BCUT2D eigenvalue weighted by atomic mass is 10.2. The molecule has 0 radical (unpaired) electrons. The summed E-state index contributed by atoms with van der Waals surface area (Å²) in [7, 11) is 1.65. The van der Waals surface area contributed by atoms with E-state index >= 15 is 0 Å². The van der Waals surface area contributed by atoms with Crippen LogP contribution in [0, 0.1) is 0 Å². The van der Waals surface area contributed by atoms with Gasteiger partial charge in [0.2, 0.25) is 5.91 Å². The Balaban J connectivity index is 2.95. The summed E-state index contributed by atoms with van der Waals surface area (Å²) in [5.74, 6) is 0.0938. The van der Waals surface area contributed by atoms with Crippen LogP contribution in [0.2, 0.25) is 0 Å². The summed E-state index contributed by atoms with van der Waals surface area (Å²) < 4.78 is 5.07. The van der Waals surface area contributed by atoms with Crippen LogP contribution in [0.4, 0.5) is 0 Å². The van der Waals surface area contributed by atoms with Crippen LogP contribution in [0.15, 0.2) is 0 Å². The molecule has 0 aromatic rings. The van der Waals surface area contributed by atoms with E-state index in [1.165, 1.54) is 0 Å². The summed E-state index contributed by atoms with van der Waals surface area (Å²) in [4.78, 5) is 10.8. The molecule has 0 atom stereocenters. The van der Waals surface area contributed by atoms with E-state index < -0.39 is 0 Å². The van der Waals surface area contributed by atoms with Crippen LogP contribution in [0.3, 0.4) is 0 Å². The molecule has 0 heterocycles. The van der Waals surface area contributed by atoms with Crippen LogP contribution >= 0.6 is 0 Å². The average molecular weight is 189 g/mol. The predicted octanol–water partition coefficient (Wildman–Crippen LogP) is 0.302. The number of carbonyl (C=O) groups is 1. The van der Waals surface area contributed by atoms with E-state index in [9.17, 15) is 4.79 Å². The first-order valence-electron chi connectivity index (χ1n) is 4.70. The van der Waals surface area contributed by atoms with Gasteiger partial charge in [0.05, 0.1) is 13.2 Å². The highest BCUT2D eigenvalue weighted by Gasteiger charge is 1.96. The van der Waals surface area contributed by atoms with Crippen molar-refractivity contribution in [1.29, 1.82) is 0 Å². The smallest absolute Gasteiger partial charge is 0.219 e. The fourth-order valence-corrected chi connectivity index (χ4v) is 0.958. The molecule has 2 N–H and O–H groups in total. The van der Waals surface area contributed by atoms with Gasteiger partial charge in [0, 0.05) is 20.1 Å². The topological polar surface area (TPSA) is 58.6 Å². The first kappa shape index (κ1) is 12.4. The Labute approximate surface area is 79.3 Å². The van der Waals surface area contributed by atoms with Crippen molar-refractivity contribution in [3.63, 3.8) is 0 Å². The second kappa shape index (κ2) is 9.48. The maximum Gasteiger partial charge on any atom is 0.219 e.